The molecule has 130 valence electrons. The number of rotatable bonds is 4. The first-order valence-electron chi connectivity index (χ1n) is 8.05. The van der Waals surface area contributed by atoms with Crippen molar-refractivity contribution in [3.05, 3.63) is 76.0 Å². The van der Waals surface area contributed by atoms with E-state index in [0.29, 0.717) is 22.3 Å². The fraction of sp³-hybridized carbons (Fsp3) is 0.105. The van der Waals surface area contributed by atoms with Crippen LogP contribution in [0.4, 0.5) is 6.01 Å². The molecular formula is C19H15ClN4O2. The number of oxazole rings is 1. The van der Waals surface area contributed by atoms with Crippen LogP contribution < -0.4 is 10.9 Å². The van der Waals surface area contributed by atoms with Gasteiger partial charge in [0.2, 0.25) is 0 Å². The van der Waals surface area contributed by atoms with Crippen LogP contribution in [0, 0.1) is 0 Å². The molecule has 4 aromatic rings. The first-order chi connectivity index (χ1) is 12.6. The summed E-state index contributed by atoms with van der Waals surface area (Å²) >= 11 is 6.04. The van der Waals surface area contributed by atoms with Gasteiger partial charge >= 0.3 is 0 Å². The number of halogens is 1. The van der Waals surface area contributed by atoms with E-state index in [1.54, 1.807) is 30.8 Å². The Morgan fingerprint density at radius 2 is 2.15 bits per heavy atom. The van der Waals surface area contributed by atoms with E-state index in [2.05, 4.69) is 20.3 Å². The summed E-state index contributed by atoms with van der Waals surface area (Å²) in [5.41, 5.74) is 2.67. The summed E-state index contributed by atoms with van der Waals surface area (Å²) in [5, 5.41) is 4.60. The molecule has 0 saturated carbocycles. The number of anilines is 1. The minimum Gasteiger partial charge on any atom is -0.432 e. The van der Waals surface area contributed by atoms with E-state index >= 15 is 0 Å². The van der Waals surface area contributed by atoms with Crippen LogP contribution in [0.3, 0.4) is 0 Å². The van der Waals surface area contributed by atoms with Crippen LogP contribution in [0.1, 0.15) is 18.5 Å². The van der Waals surface area contributed by atoms with Crippen molar-refractivity contribution in [3.63, 3.8) is 0 Å². The SMILES string of the molecule is C[C@H](Nc1nc(-c2cccnc2)co1)c1cc2cc(Cl)ccc2[nH]c1=O. The van der Waals surface area contributed by atoms with Crippen molar-refractivity contribution in [2.45, 2.75) is 13.0 Å². The molecule has 0 amide bonds. The third kappa shape index (κ3) is 3.19. The Morgan fingerprint density at radius 3 is 2.96 bits per heavy atom. The first kappa shape index (κ1) is 16.4. The number of benzene rings is 1. The predicted molar refractivity (Wildman–Crippen MR) is 101 cm³/mol. The second-order valence-corrected chi connectivity index (χ2v) is 6.37. The molecule has 1 aromatic carbocycles. The summed E-state index contributed by atoms with van der Waals surface area (Å²) < 4.78 is 5.47. The topological polar surface area (TPSA) is 83.8 Å². The third-order valence-electron chi connectivity index (χ3n) is 4.10. The van der Waals surface area contributed by atoms with Crippen molar-refractivity contribution >= 4 is 28.5 Å². The highest BCUT2D eigenvalue weighted by atomic mass is 35.5. The summed E-state index contributed by atoms with van der Waals surface area (Å²) in [4.78, 5) is 23.7. The van der Waals surface area contributed by atoms with Gasteiger partial charge in [-0.25, -0.2) is 0 Å². The molecule has 26 heavy (non-hydrogen) atoms. The molecule has 0 spiro atoms. The molecule has 2 N–H and O–H groups in total. The minimum atomic E-state index is -0.303. The van der Waals surface area contributed by atoms with E-state index in [1.807, 2.05) is 31.2 Å². The van der Waals surface area contributed by atoms with Crippen LogP contribution >= 0.6 is 11.6 Å². The number of nitrogens with one attached hydrogen (secondary N) is 2. The normalized spacial score (nSPS) is 12.2. The number of H-pyrrole nitrogens is 1. The lowest BCUT2D eigenvalue weighted by molar-refractivity contribution is 0.563. The van der Waals surface area contributed by atoms with Crippen molar-refractivity contribution in [2.75, 3.05) is 5.32 Å². The quantitative estimate of drug-likeness (QED) is 0.559. The van der Waals surface area contributed by atoms with Crippen molar-refractivity contribution in [3.8, 4) is 11.3 Å². The summed E-state index contributed by atoms with van der Waals surface area (Å²) in [7, 11) is 0. The smallest absolute Gasteiger partial charge is 0.295 e. The van der Waals surface area contributed by atoms with Gasteiger partial charge in [0.15, 0.2) is 0 Å². The summed E-state index contributed by atoms with van der Waals surface area (Å²) in [5.74, 6) is 0. The number of fused-ring (bicyclic) bond motifs is 1. The van der Waals surface area contributed by atoms with E-state index in [9.17, 15) is 4.79 Å². The van der Waals surface area contributed by atoms with Crippen molar-refractivity contribution < 1.29 is 4.42 Å². The Bertz CT molecular complexity index is 1120. The zero-order valence-corrected chi connectivity index (χ0v) is 14.6. The average molecular weight is 367 g/mol. The number of nitrogens with zero attached hydrogens (tertiary/aromatic N) is 2. The Hall–Kier alpha value is -3.12. The molecule has 0 saturated heterocycles. The van der Waals surface area contributed by atoms with E-state index < -0.39 is 0 Å². The van der Waals surface area contributed by atoms with Crippen molar-refractivity contribution in [1.29, 1.82) is 0 Å². The molecule has 4 rings (SSSR count). The molecule has 0 aliphatic carbocycles. The molecule has 1 atom stereocenters. The Kier molecular flexibility index (Phi) is 4.18. The highest BCUT2D eigenvalue weighted by molar-refractivity contribution is 6.31. The lowest BCUT2D eigenvalue weighted by atomic mass is 10.1. The fourth-order valence-corrected chi connectivity index (χ4v) is 2.95. The Morgan fingerprint density at radius 1 is 1.27 bits per heavy atom. The maximum absolute atomic E-state index is 12.4. The number of pyridine rings is 2. The Balaban J connectivity index is 1.61. The molecule has 0 aliphatic heterocycles. The summed E-state index contributed by atoms with van der Waals surface area (Å²) in [6.45, 7) is 1.87. The molecule has 7 heteroatoms. The van der Waals surface area contributed by atoms with Crippen molar-refractivity contribution in [1.82, 2.24) is 15.0 Å². The molecule has 0 bridgehead atoms. The maximum atomic E-state index is 12.4. The van der Waals surface area contributed by atoms with Crippen LogP contribution in [0.2, 0.25) is 5.02 Å². The van der Waals surface area contributed by atoms with Gasteiger partial charge in [0.25, 0.3) is 11.6 Å². The third-order valence-corrected chi connectivity index (χ3v) is 4.34. The van der Waals surface area contributed by atoms with Gasteiger partial charge in [-0.1, -0.05) is 11.6 Å². The van der Waals surface area contributed by atoms with Crippen molar-refractivity contribution in [2.24, 2.45) is 0 Å². The molecule has 0 aliphatic rings. The van der Waals surface area contributed by atoms with Crippen LogP contribution in [0.5, 0.6) is 0 Å². The fourth-order valence-electron chi connectivity index (χ4n) is 2.77. The van der Waals surface area contributed by atoms with E-state index in [0.717, 1.165) is 16.5 Å². The van der Waals surface area contributed by atoms with Crippen LogP contribution in [-0.2, 0) is 0 Å². The molecule has 3 heterocycles. The van der Waals surface area contributed by atoms with Gasteiger partial charge < -0.3 is 14.7 Å². The second kappa shape index (κ2) is 6.65. The molecule has 0 fully saturated rings. The molecule has 3 aromatic heterocycles. The van der Waals surface area contributed by atoms with Gasteiger partial charge in [0.1, 0.15) is 12.0 Å². The minimum absolute atomic E-state index is 0.168. The zero-order valence-electron chi connectivity index (χ0n) is 13.9. The standard InChI is InChI=1S/C19H15ClN4O2/c1-11(15-8-13-7-14(20)4-5-16(13)23-18(15)25)22-19-24-17(10-26-19)12-3-2-6-21-9-12/h2-11H,1H3,(H,22,24)(H,23,25)/t11-/m0/s1. The maximum Gasteiger partial charge on any atom is 0.295 e. The first-order valence-corrected chi connectivity index (χ1v) is 8.43. The largest absolute Gasteiger partial charge is 0.432 e. The lowest BCUT2D eigenvalue weighted by Gasteiger charge is -2.12. The molecular weight excluding hydrogens is 352 g/mol. The molecule has 6 nitrogen and oxygen atoms in total. The van der Waals surface area contributed by atoms with E-state index in [1.165, 1.54) is 0 Å². The highest BCUT2D eigenvalue weighted by Gasteiger charge is 2.14. The molecule has 0 radical (unpaired) electrons. The number of aromatic nitrogens is 3. The number of hydrogen-bond acceptors (Lipinski definition) is 5. The van der Waals surface area contributed by atoms with Crippen LogP contribution in [0.15, 0.2) is 64.3 Å². The number of aromatic amines is 1. The van der Waals surface area contributed by atoms with Gasteiger partial charge in [-0.05, 0) is 43.3 Å². The van der Waals surface area contributed by atoms with Gasteiger partial charge in [0, 0.05) is 39.4 Å². The summed E-state index contributed by atoms with van der Waals surface area (Å²) in [6.07, 6.45) is 4.96. The van der Waals surface area contributed by atoms with Gasteiger partial charge in [-0.3, -0.25) is 9.78 Å². The Labute approximate surface area is 153 Å². The zero-order chi connectivity index (χ0) is 18.1. The monoisotopic (exact) mass is 366 g/mol. The van der Waals surface area contributed by atoms with Crippen LogP contribution in [-0.4, -0.2) is 15.0 Å². The molecule has 0 unspecified atom stereocenters. The average Bonchev–Trinajstić information content (AvgIpc) is 3.10. The summed E-state index contributed by atoms with van der Waals surface area (Å²) in [6, 6.07) is 10.9. The van der Waals surface area contributed by atoms with Gasteiger partial charge in [-0.15, -0.1) is 0 Å². The lowest BCUT2D eigenvalue weighted by Crippen LogP contribution is -2.19. The van der Waals surface area contributed by atoms with Gasteiger partial charge in [0.05, 0.1) is 6.04 Å². The predicted octanol–water partition coefficient (Wildman–Crippen LogP) is 4.40. The second-order valence-electron chi connectivity index (χ2n) is 5.93. The van der Waals surface area contributed by atoms with E-state index in [-0.39, 0.29) is 11.6 Å². The highest BCUT2D eigenvalue weighted by Crippen LogP contribution is 2.24. The van der Waals surface area contributed by atoms with E-state index in [4.69, 9.17) is 16.0 Å². The van der Waals surface area contributed by atoms with Gasteiger partial charge in [-0.2, -0.15) is 4.98 Å². The van der Waals surface area contributed by atoms with Crippen LogP contribution in [0.25, 0.3) is 22.2 Å². The number of hydrogen-bond donors (Lipinski definition) is 2.